The molecular formula is C32H42KNO2. The molecule has 1 fully saturated rings. The molecule has 0 aliphatic carbocycles. The Balaban J connectivity index is 0.00000241. The summed E-state index contributed by atoms with van der Waals surface area (Å²) in [5.74, 6) is 0.176. The van der Waals surface area contributed by atoms with Gasteiger partial charge in [0.1, 0.15) is 5.60 Å². The molecule has 1 atom stereocenters. The van der Waals surface area contributed by atoms with Crippen molar-refractivity contribution in [3.05, 3.63) is 107 Å². The molecule has 1 aliphatic heterocycles. The summed E-state index contributed by atoms with van der Waals surface area (Å²) in [6.45, 7) is 9.57. The zero-order valence-electron chi connectivity index (χ0n) is 23.5. The molecule has 3 aromatic rings. The van der Waals surface area contributed by atoms with E-state index in [9.17, 15) is 10.2 Å². The molecule has 0 spiro atoms. The number of benzene rings is 3. The molecule has 4 rings (SSSR count). The van der Waals surface area contributed by atoms with Crippen molar-refractivity contribution in [2.75, 3.05) is 19.6 Å². The number of nitrogens with zero attached hydrogens (tertiary/aromatic N) is 1. The Kier molecular flexibility index (Phi) is 11.0. The average molecular weight is 512 g/mol. The van der Waals surface area contributed by atoms with Crippen LogP contribution in [0.25, 0.3) is 0 Å². The van der Waals surface area contributed by atoms with Crippen LogP contribution in [-0.4, -0.2) is 34.7 Å². The summed E-state index contributed by atoms with van der Waals surface area (Å²) in [7, 11) is 0. The zero-order chi connectivity index (χ0) is 24.9. The number of piperidine rings is 1. The maximum absolute atomic E-state index is 12.1. The molecule has 1 unspecified atom stereocenters. The van der Waals surface area contributed by atoms with Gasteiger partial charge in [-0.1, -0.05) is 106 Å². The van der Waals surface area contributed by atoms with Crippen LogP contribution >= 0.6 is 0 Å². The minimum Gasteiger partial charge on any atom is -1.00 e. The predicted molar refractivity (Wildman–Crippen MR) is 145 cm³/mol. The summed E-state index contributed by atoms with van der Waals surface area (Å²) in [6, 6.07) is 28.7. The molecule has 1 saturated heterocycles. The van der Waals surface area contributed by atoms with Crippen molar-refractivity contribution in [2.24, 2.45) is 5.92 Å². The van der Waals surface area contributed by atoms with Crippen molar-refractivity contribution in [3.63, 3.8) is 0 Å². The fraction of sp³-hybridized carbons (Fsp3) is 0.438. The maximum atomic E-state index is 12.1. The summed E-state index contributed by atoms with van der Waals surface area (Å²) in [5, 5.41) is 22.8. The van der Waals surface area contributed by atoms with E-state index in [0.29, 0.717) is 0 Å². The molecule has 0 aromatic heterocycles. The molecule has 1 aliphatic rings. The third-order valence-corrected chi connectivity index (χ3v) is 7.72. The van der Waals surface area contributed by atoms with Gasteiger partial charge >= 0.3 is 51.4 Å². The predicted octanol–water partition coefficient (Wildman–Crippen LogP) is 3.56. The van der Waals surface area contributed by atoms with Gasteiger partial charge in [-0.3, -0.25) is 0 Å². The third-order valence-electron chi connectivity index (χ3n) is 7.72. The summed E-state index contributed by atoms with van der Waals surface area (Å²) >= 11 is 0. The first-order chi connectivity index (χ1) is 16.8. The Morgan fingerprint density at radius 1 is 0.806 bits per heavy atom. The van der Waals surface area contributed by atoms with Gasteiger partial charge in [0.05, 0.1) is 6.10 Å². The number of aliphatic hydroxyl groups is 2. The number of aliphatic hydroxyl groups excluding tert-OH is 1. The molecule has 1 heterocycles. The first-order valence-corrected chi connectivity index (χ1v) is 13.1. The second-order valence-electron chi connectivity index (χ2n) is 11.1. The SMILES string of the molecule is CC(C)(C)c1ccc(C(O)CCCN2CCC(C(O)(c3ccccc3)c3ccccc3)CC2)cc1.[H-].[K+]. The molecule has 3 aromatic carbocycles. The van der Waals surface area contributed by atoms with E-state index in [1.165, 1.54) is 5.56 Å². The van der Waals surface area contributed by atoms with Gasteiger partial charge in [-0.2, -0.15) is 0 Å². The number of likely N-dealkylation sites (tertiary alicyclic amines) is 1. The van der Waals surface area contributed by atoms with Crippen LogP contribution < -0.4 is 51.4 Å². The quantitative estimate of drug-likeness (QED) is 0.455. The van der Waals surface area contributed by atoms with Gasteiger partial charge in [0.2, 0.25) is 0 Å². The Hall–Kier alpha value is -0.824. The molecule has 4 heteroatoms. The van der Waals surface area contributed by atoms with Crippen LogP contribution in [0.5, 0.6) is 0 Å². The Bertz CT molecular complexity index is 1010. The van der Waals surface area contributed by atoms with Crippen LogP contribution in [0.2, 0.25) is 0 Å². The van der Waals surface area contributed by atoms with E-state index in [-0.39, 0.29) is 64.1 Å². The van der Waals surface area contributed by atoms with Gasteiger partial charge in [0, 0.05) is 0 Å². The standard InChI is InChI=1S/C32H41NO2.K.H/c1-31(2,3)26-18-16-25(17-19-26)30(34)15-10-22-33-23-20-29(21-24-33)32(35,27-11-6-4-7-12-27)28-13-8-5-9-14-28;;/h4-9,11-14,16-19,29-30,34-35H,10,15,20-24H2,1-3H3;;/q;+1;-1. The topological polar surface area (TPSA) is 43.7 Å². The minimum atomic E-state index is -0.968. The normalized spacial score (nSPS) is 16.4. The van der Waals surface area contributed by atoms with Crippen LogP contribution in [0, 0.1) is 5.92 Å². The average Bonchev–Trinajstić information content (AvgIpc) is 2.89. The van der Waals surface area contributed by atoms with Crippen molar-refractivity contribution < 1.29 is 63.0 Å². The molecular weight excluding hydrogens is 469 g/mol. The van der Waals surface area contributed by atoms with Crippen LogP contribution in [0.1, 0.15) is 76.2 Å². The van der Waals surface area contributed by atoms with Crippen molar-refractivity contribution in [2.45, 2.75) is 63.6 Å². The zero-order valence-corrected chi connectivity index (χ0v) is 25.7. The van der Waals surface area contributed by atoms with Gasteiger partial charge in [0.25, 0.3) is 0 Å². The minimum absolute atomic E-state index is 0. The van der Waals surface area contributed by atoms with Gasteiger partial charge in [-0.25, -0.2) is 0 Å². The smallest absolute Gasteiger partial charge is 1.00 e. The first-order valence-electron chi connectivity index (χ1n) is 13.1. The number of hydrogen-bond acceptors (Lipinski definition) is 3. The third kappa shape index (κ3) is 7.18. The molecule has 3 nitrogen and oxygen atoms in total. The van der Waals surface area contributed by atoms with E-state index in [4.69, 9.17) is 0 Å². The molecule has 0 saturated carbocycles. The van der Waals surface area contributed by atoms with E-state index in [2.05, 4.69) is 74.2 Å². The first kappa shape index (κ1) is 29.7. The Morgan fingerprint density at radius 3 is 1.78 bits per heavy atom. The summed E-state index contributed by atoms with van der Waals surface area (Å²) in [4.78, 5) is 2.49. The van der Waals surface area contributed by atoms with Crippen LogP contribution in [0.4, 0.5) is 0 Å². The molecule has 36 heavy (non-hydrogen) atoms. The molecule has 0 amide bonds. The van der Waals surface area contributed by atoms with E-state index >= 15 is 0 Å². The fourth-order valence-electron chi connectivity index (χ4n) is 5.48. The molecule has 0 bridgehead atoms. The monoisotopic (exact) mass is 511 g/mol. The van der Waals surface area contributed by atoms with Crippen LogP contribution in [0.15, 0.2) is 84.9 Å². The van der Waals surface area contributed by atoms with Crippen molar-refractivity contribution >= 4 is 0 Å². The molecule has 2 N–H and O–H groups in total. The van der Waals surface area contributed by atoms with Crippen molar-refractivity contribution in [1.82, 2.24) is 4.90 Å². The second-order valence-corrected chi connectivity index (χ2v) is 11.1. The number of hydrogen-bond donors (Lipinski definition) is 2. The Labute approximate surface area is 261 Å². The van der Waals surface area contributed by atoms with Gasteiger partial charge in [-0.15, -0.1) is 0 Å². The summed E-state index contributed by atoms with van der Waals surface area (Å²) in [6.07, 6.45) is 3.23. The van der Waals surface area contributed by atoms with E-state index in [0.717, 1.165) is 62.0 Å². The van der Waals surface area contributed by atoms with E-state index in [1.807, 2.05) is 36.4 Å². The van der Waals surface area contributed by atoms with Gasteiger partial charge < -0.3 is 16.5 Å². The maximum Gasteiger partial charge on any atom is 1.00 e. The van der Waals surface area contributed by atoms with Crippen LogP contribution in [0.3, 0.4) is 0 Å². The van der Waals surface area contributed by atoms with Crippen molar-refractivity contribution in [3.8, 4) is 0 Å². The fourth-order valence-corrected chi connectivity index (χ4v) is 5.48. The second kappa shape index (κ2) is 13.3. The summed E-state index contributed by atoms with van der Waals surface area (Å²) in [5.41, 5.74) is 3.41. The number of rotatable bonds is 8. The van der Waals surface area contributed by atoms with Crippen LogP contribution in [-0.2, 0) is 11.0 Å². The van der Waals surface area contributed by atoms with E-state index < -0.39 is 11.7 Å². The largest absolute Gasteiger partial charge is 1.00 e. The van der Waals surface area contributed by atoms with Gasteiger partial charge in [-0.05, 0) is 78.9 Å². The van der Waals surface area contributed by atoms with Crippen molar-refractivity contribution in [1.29, 1.82) is 0 Å². The molecule has 0 radical (unpaired) electrons. The van der Waals surface area contributed by atoms with E-state index in [1.54, 1.807) is 0 Å². The molecule has 188 valence electrons. The van der Waals surface area contributed by atoms with Gasteiger partial charge in [0.15, 0.2) is 0 Å². The summed E-state index contributed by atoms with van der Waals surface area (Å²) < 4.78 is 0. The Morgan fingerprint density at radius 2 is 1.31 bits per heavy atom.